The molecule has 0 heterocycles. The molecule has 1 atom stereocenters. The lowest BCUT2D eigenvalue weighted by Crippen LogP contribution is -2.22. The van der Waals surface area contributed by atoms with Crippen molar-refractivity contribution in [1.29, 1.82) is 0 Å². The van der Waals surface area contributed by atoms with Crippen LogP contribution in [0.3, 0.4) is 0 Å². The van der Waals surface area contributed by atoms with E-state index in [9.17, 15) is 4.39 Å². The molecule has 0 bridgehead atoms. The lowest BCUT2D eigenvalue weighted by molar-refractivity contribution is 0.485. The van der Waals surface area contributed by atoms with Crippen LogP contribution >= 0.6 is 11.6 Å². The molecule has 1 aliphatic rings. The van der Waals surface area contributed by atoms with Crippen molar-refractivity contribution in [3.05, 3.63) is 34.1 Å². The van der Waals surface area contributed by atoms with Crippen LogP contribution in [0.25, 0.3) is 0 Å². The summed E-state index contributed by atoms with van der Waals surface area (Å²) in [6.07, 6.45) is 3.75. The summed E-state index contributed by atoms with van der Waals surface area (Å²) < 4.78 is 13.4. The Balaban J connectivity index is 2.23. The lowest BCUT2D eigenvalue weighted by atomic mass is 9.99. The van der Waals surface area contributed by atoms with E-state index in [1.54, 1.807) is 6.92 Å². The third-order valence-corrected chi connectivity index (χ3v) is 3.70. The molecule has 0 aliphatic heterocycles. The van der Waals surface area contributed by atoms with E-state index < -0.39 is 0 Å². The molecule has 1 aliphatic carbocycles. The van der Waals surface area contributed by atoms with E-state index in [0.29, 0.717) is 10.6 Å². The van der Waals surface area contributed by atoms with Gasteiger partial charge >= 0.3 is 0 Å². The van der Waals surface area contributed by atoms with Crippen LogP contribution in [-0.4, -0.2) is 6.54 Å². The van der Waals surface area contributed by atoms with Gasteiger partial charge in [-0.05, 0) is 43.0 Å². The van der Waals surface area contributed by atoms with Crippen molar-refractivity contribution in [2.24, 2.45) is 5.92 Å². The average molecular weight is 256 g/mol. The zero-order valence-corrected chi connectivity index (χ0v) is 11.1. The Kier molecular flexibility index (Phi) is 4.05. The maximum Gasteiger partial charge on any atom is 0.127 e. The van der Waals surface area contributed by atoms with E-state index in [1.165, 1.54) is 18.9 Å². The van der Waals surface area contributed by atoms with Crippen LogP contribution in [0.4, 0.5) is 4.39 Å². The van der Waals surface area contributed by atoms with Crippen molar-refractivity contribution in [2.75, 3.05) is 6.54 Å². The van der Waals surface area contributed by atoms with Gasteiger partial charge in [0.05, 0.1) is 0 Å². The molecule has 0 amide bonds. The molecule has 1 fully saturated rings. The summed E-state index contributed by atoms with van der Waals surface area (Å²) in [5.74, 6) is 0.598. The van der Waals surface area contributed by atoms with Crippen LogP contribution in [0.2, 0.25) is 5.02 Å². The summed E-state index contributed by atoms with van der Waals surface area (Å²) >= 11 is 6.16. The van der Waals surface area contributed by atoms with Crippen molar-refractivity contribution in [3.63, 3.8) is 0 Å². The van der Waals surface area contributed by atoms with Crippen LogP contribution in [0, 0.1) is 18.7 Å². The van der Waals surface area contributed by atoms with E-state index in [1.807, 2.05) is 6.07 Å². The molecule has 1 nitrogen and oxygen atoms in total. The predicted molar refractivity (Wildman–Crippen MR) is 69.9 cm³/mol. The van der Waals surface area contributed by atoms with Crippen LogP contribution < -0.4 is 5.32 Å². The van der Waals surface area contributed by atoms with Gasteiger partial charge in [0, 0.05) is 11.1 Å². The predicted octanol–water partition coefficient (Wildman–Crippen LogP) is 4.24. The van der Waals surface area contributed by atoms with Gasteiger partial charge in [-0.25, -0.2) is 4.39 Å². The molecule has 1 N–H and O–H groups in total. The van der Waals surface area contributed by atoms with Crippen molar-refractivity contribution in [1.82, 2.24) is 5.32 Å². The van der Waals surface area contributed by atoms with Crippen LogP contribution in [0.1, 0.15) is 43.4 Å². The molecule has 0 radical (unpaired) electrons. The average Bonchev–Trinajstić information content (AvgIpc) is 3.07. The van der Waals surface area contributed by atoms with E-state index in [-0.39, 0.29) is 11.9 Å². The first kappa shape index (κ1) is 12.8. The van der Waals surface area contributed by atoms with Gasteiger partial charge in [0.2, 0.25) is 0 Å². The second kappa shape index (κ2) is 5.36. The van der Waals surface area contributed by atoms with Gasteiger partial charge in [-0.1, -0.05) is 37.4 Å². The summed E-state index contributed by atoms with van der Waals surface area (Å²) in [4.78, 5) is 0. The molecule has 1 aromatic rings. The number of nitrogens with one attached hydrogen (secondary N) is 1. The normalized spacial score (nSPS) is 17.2. The zero-order chi connectivity index (χ0) is 12.4. The second-order valence-electron chi connectivity index (χ2n) is 4.91. The highest BCUT2D eigenvalue weighted by atomic mass is 35.5. The van der Waals surface area contributed by atoms with Gasteiger partial charge in [-0.15, -0.1) is 0 Å². The molecule has 1 saturated carbocycles. The SMILES string of the molecule is CCNC(CC1CC1)c1cc(C)c(F)cc1Cl. The van der Waals surface area contributed by atoms with Crippen molar-refractivity contribution >= 4 is 11.6 Å². The van der Waals surface area contributed by atoms with E-state index in [0.717, 1.165) is 24.4 Å². The van der Waals surface area contributed by atoms with Gasteiger partial charge in [0.1, 0.15) is 5.82 Å². The first-order chi connectivity index (χ1) is 8.11. The fraction of sp³-hybridized carbons (Fsp3) is 0.571. The monoisotopic (exact) mass is 255 g/mol. The summed E-state index contributed by atoms with van der Waals surface area (Å²) in [6.45, 7) is 4.78. The molecule has 17 heavy (non-hydrogen) atoms. The molecule has 0 aromatic heterocycles. The summed E-state index contributed by atoms with van der Waals surface area (Å²) in [5.41, 5.74) is 1.71. The molecule has 2 rings (SSSR count). The van der Waals surface area contributed by atoms with E-state index >= 15 is 0 Å². The molecule has 0 spiro atoms. The first-order valence-electron chi connectivity index (χ1n) is 6.30. The lowest BCUT2D eigenvalue weighted by Gasteiger charge is -2.20. The summed E-state index contributed by atoms with van der Waals surface area (Å²) in [6, 6.07) is 3.58. The molecule has 0 saturated heterocycles. The Morgan fingerprint density at radius 2 is 2.18 bits per heavy atom. The zero-order valence-electron chi connectivity index (χ0n) is 10.4. The number of aryl methyl sites for hydroxylation is 1. The smallest absolute Gasteiger partial charge is 0.127 e. The molecular weight excluding hydrogens is 237 g/mol. The molecule has 94 valence electrons. The van der Waals surface area contributed by atoms with Crippen molar-refractivity contribution in [3.8, 4) is 0 Å². The Bertz CT molecular complexity index is 401. The number of halogens is 2. The fourth-order valence-corrected chi connectivity index (χ4v) is 2.48. The van der Waals surface area contributed by atoms with Gasteiger partial charge in [-0.3, -0.25) is 0 Å². The van der Waals surface area contributed by atoms with Crippen LogP contribution in [0.5, 0.6) is 0 Å². The molecule has 1 unspecified atom stereocenters. The highest BCUT2D eigenvalue weighted by Crippen LogP contribution is 2.39. The number of rotatable bonds is 5. The largest absolute Gasteiger partial charge is 0.310 e. The molecular formula is C14H19ClFN. The topological polar surface area (TPSA) is 12.0 Å². The maximum absolute atomic E-state index is 13.4. The second-order valence-corrected chi connectivity index (χ2v) is 5.32. The Morgan fingerprint density at radius 1 is 1.47 bits per heavy atom. The van der Waals surface area contributed by atoms with Gasteiger partial charge < -0.3 is 5.32 Å². The minimum absolute atomic E-state index is 0.222. The third-order valence-electron chi connectivity index (χ3n) is 3.37. The maximum atomic E-state index is 13.4. The first-order valence-corrected chi connectivity index (χ1v) is 6.68. The molecule has 3 heteroatoms. The minimum atomic E-state index is -0.222. The Hall–Kier alpha value is -0.600. The number of hydrogen-bond donors (Lipinski definition) is 1. The van der Waals surface area contributed by atoms with Gasteiger partial charge in [0.25, 0.3) is 0 Å². The van der Waals surface area contributed by atoms with Crippen LogP contribution in [0.15, 0.2) is 12.1 Å². The third kappa shape index (κ3) is 3.20. The quantitative estimate of drug-likeness (QED) is 0.830. The summed E-state index contributed by atoms with van der Waals surface area (Å²) in [5, 5.41) is 3.99. The number of benzene rings is 1. The minimum Gasteiger partial charge on any atom is -0.310 e. The summed E-state index contributed by atoms with van der Waals surface area (Å²) in [7, 11) is 0. The Labute approximate surface area is 107 Å². The fourth-order valence-electron chi connectivity index (χ4n) is 2.20. The highest BCUT2D eigenvalue weighted by Gasteiger charge is 2.27. The van der Waals surface area contributed by atoms with Crippen molar-refractivity contribution in [2.45, 2.75) is 39.2 Å². The Morgan fingerprint density at radius 3 is 2.76 bits per heavy atom. The standard InChI is InChI=1S/C14H19ClFN/c1-3-17-14(7-10-4-5-10)11-6-9(2)13(16)8-12(11)15/h6,8,10,14,17H,3-5,7H2,1-2H3. The van der Waals surface area contributed by atoms with E-state index in [4.69, 9.17) is 11.6 Å². The highest BCUT2D eigenvalue weighted by molar-refractivity contribution is 6.31. The molecule has 1 aromatic carbocycles. The van der Waals surface area contributed by atoms with E-state index in [2.05, 4.69) is 12.2 Å². The van der Waals surface area contributed by atoms with Gasteiger partial charge in [0.15, 0.2) is 0 Å². The number of hydrogen-bond acceptors (Lipinski definition) is 1. The van der Waals surface area contributed by atoms with Crippen LogP contribution in [-0.2, 0) is 0 Å². The van der Waals surface area contributed by atoms with Crippen molar-refractivity contribution < 1.29 is 4.39 Å². The van der Waals surface area contributed by atoms with Gasteiger partial charge in [-0.2, -0.15) is 0 Å².